The highest BCUT2D eigenvalue weighted by Crippen LogP contribution is 2.46. The van der Waals surface area contributed by atoms with Crippen LogP contribution < -0.4 is 5.32 Å². The lowest BCUT2D eigenvalue weighted by Crippen LogP contribution is -2.39. The lowest BCUT2D eigenvalue weighted by atomic mass is 9.85. The van der Waals surface area contributed by atoms with Crippen molar-refractivity contribution in [1.82, 2.24) is 15.2 Å². The summed E-state index contributed by atoms with van der Waals surface area (Å²) in [4.78, 5) is 29.5. The molecule has 2 fully saturated rings. The molecule has 9 heteroatoms. The number of thiazole rings is 1. The average Bonchev–Trinajstić information content (AvgIpc) is 3.30. The maximum atomic E-state index is 12.7. The van der Waals surface area contributed by atoms with Gasteiger partial charge in [0, 0.05) is 0 Å². The molecule has 1 amide bonds. The van der Waals surface area contributed by atoms with E-state index in [0.717, 1.165) is 41.3 Å². The molecule has 1 spiro atoms. The van der Waals surface area contributed by atoms with Crippen LogP contribution in [0.3, 0.4) is 0 Å². The third-order valence-electron chi connectivity index (χ3n) is 4.84. The summed E-state index contributed by atoms with van der Waals surface area (Å²) in [5.74, 6) is -0.804. The lowest BCUT2D eigenvalue weighted by molar-refractivity contribution is -0.149. The molecular weight excluding hydrogens is 344 g/mol. The van der Waals surface area contributed by atoms with Gasteiger partial charge in [0.05, 0.1) is 23.0 Å². The van der Waals surface area contributed by atoms with Gasteiger partial charge in [-0.25, -0.2) is 4.98 Å². The summed E-state index contributed by atoms with van der Waals surface area (Å²) in [7, 11) is 0. The SMILES string of the molecule is Cc1nc(C)c(-c2nnc(NC(=O)C3CC(=O)OC34CCCC4)o2)s1. The minimum atomic E-state index is -0.657. The molecule has 4 rings (SSSR count). The summed E-state index contributed by atoms with van der Waals surface area (Å²) in [6.45, 7) is 3.77. The molecule has 1 aliphatic heterocycles. The third-order valence-corrected chi connectivity index (χ3v) is 5.90. The number of hydrogen-bond acceptors (Lipinski definition) is 8. The highest BCUT2D eigenvalue weighted by molar-refractivity contribution is 7.15. The Kier molecular flexibility index (Phi) is 3.82. The Labute approximate surface area is 148 Å². The van der Waals surface area contributed by atoms with Crippen molar-refractivity contribution in [3.8, 4) is 10.8 Å². The first kappa shape index (κ1) is 16.2. The molecule has 1 atom stereocenters. The number of anilines is 1. The van der Waals surface area contributed by atoms with E-state index in [1.165, 1.54) is 11.3 Å². The van der Waals surface area contributed by atoms with E-state index in [1.54, 1.807) is 0 Å². The number of rotatable bonds is 3. The number of nitrogens with one attached hydrogen (secondary N) is 1. The number of amides is 1. The van der Waals surface area contributed by atoms with Gasteiger partial charge in [0.15, 0.2) is 0 Å². The number of nitrogens with zero attached hydrogens (tertiary/aromatic N) is 3. The Morgan fingerprint density at radius 3 is 2.72 bits per heavy atom. The summed E-state index contributed by atoms with van der Waals surface area (Å²) in [6.07, 6.45) is 3.48. The fourth-order valence-corrected chi connectivity index (χ4v) is 4.58. The van der Waals surface area contributed by atoms with E-state index in [9.17, 15) is 9.59 Å². The number of ether oxygens (including phenoxy) is 1. The standard InChI is InChI=1S/C16H18N4O4S/c1-8-12(25-9(2)17-8)14-19-20-15(23-14)18-13(22)10-7-11(21)24-16(10)5-3-4-6-16/h10H,3-7H2,1-2H3,(H,18,20,22). The summed E-state index contributed by atoms with van der Waals surface area (Å²) >= 11 is 1.46. The molecule has 1 saturated carbocycles. The van der Waals surface area contributed by atoms with E-state index in [-0.39, 0.29) is 24.3 Å². The van der Waals surface area contributed by atoms with Crippen LogP contribution in [0.2, 0.25) is 0 Å². The minimum absolute atomic E-state index is 0.0259. The van der Waals surface area contributed by atoms with E-state index in [4.69, 9.17) is 9.15 Å². The minimum Gasteiger partial charge on any atom is -0.458 e. The normalized spacial score (nSPS) is 21.7. The molecule has 0 radical (unpaired) electrons. The van der Waals surface area contributed by atoms with E-state index < -0.39 is 11.5 Å². The van der Waals surface area contributed by atoms with Gasteiger partial charge in [-0.3, -0.25) is 14.9 Å². The number of carbonyl (C=O) groups excluding carboxylic acids is 2. The van der Waals surface area contributed by atoms with Gasteiger partial charge in [-0.1, -0.05) is 5.10 Å². The second-order valence-electron chi connectivity index (χ2n) is 6.55. The van der Waals surface area contributed by atoms with Crippen molar-refractivity contribution in [3.63, 3.8) is 0 Å². The molecule has 132 valence electrons. The van der Waals surface area contributed by atoms with E-state index in [2.05, 4.69) is 20.5 Å². The van der Waals surface area contributed by atoms with Gasteiger partial charge in [-0.05, 0) is 39.5 Å². The highest BCUT2D eigenvalue weighted by Gasteiger charge is 2.54. The molecule has 0 aromatic carbocycles. The van der Waals surface area contributed by atoms with Gasteiger partial charge in [0.1, 0.15) is 10.5 Å². The lowest BCUT2D eigenvalue weighted by Gasteiger charge is -2.27. The van der Waals surface area contributed by atoms with Crippen molar-refractivity contribution in [2.45, 2.75) is 51.6 Å². The molecular formula is C16H18N4O4S. The second kappa shape index (κ2) is 5.91. The predicted molar refractivity (Wildman–Crippen MR) is 88.9 cm³/mol. The van der Waals surface area contributed by atoms with Crippen LogP contribution in [0.1, 0.15) is 42.8 Å². The predicted octanol–water partition coefficient (Wildman–Crippen LogP) is 2.62. The van der Waals surface area contributed by atoms with Crippen molar-refractivity contribution >= 4 is 29.2 Å². The van der Waals surface area contributed by atoms with Crippen LogP contribution >= 0.6 is 11.3 Å². The molecule has 1 unspecified atom stereocenters. The Morgan fingerprint density at radius 1 is 1.28 bits per heavy atom. The fourth-order valence-electron chi connectivity index (χ4n) is 3.74. The topological polar surface area (TPSA) is 107 Å². The molecule has 0 bridgehead atoms. The van der Waals surface area contributed by atoms with Crippen molar-refractivity contribution in [3.05, 3.63) is 10.7 Å². The molecule has 2 aliphatic rings. The molecule has 25 heavy (non-hydrogen) atoms. The monoisotopic (exact) mass is 362 g/mol. The summed E-state index contributed by atoms with van der Waals surface area (Å²) in [5.41, 5.74) is 0.152. The third kappa shape index (κ3) is 2.82. The molecule has 3 heterocycles. The Hall–Kier alpha value is -2.29. The van der Waals surface area contributed by atoms with Gasteiger partial charge in [0.25, 0.3) is 5.89 Å². The first-order valence-corrected chi connectivity index (χ1v) is 9.09. The van der Waals surface area contributed by atoms with E-state index >= 15 is 0 Å². The molecule has 8 nitrogen and oxygen atoms in total. The van der Waals surface area contributed by atoms with E-state index in [1.807, 2.05) is 13.8 Å². The van der Waals surface area contributed by atoms with Gasteiger partial charge in [-0.15, -0.1) is 16.4 Å². The van der Waals surface area contributed by atoms with Gasteiger partial charge >= 0.3 is 12.0 Å². The zero-order valence-corrected chi connectivity index (χ0v) is 14.8. The molecule has 1 saturated heterocycles. The van der Waals surface area contributed by atoms with Crippen LogP contribution in [0.5, 0.6) is 0 Å². The quantitative estimate of drug-likeness (QED) is 0.836. The van der Waals surface area contributed by atoms with Gasteiger partial charge in [-0.2, -0.15) is 0 Å². The average molecular weight is 362 g/mol. The summed E-state index contributed by atoms with van der Waals surface area (Å²) in [6, 6.07) is 0.0259. The van der Waals surface area contributed by atoms with Crippen LogP contribution in [0.15, 0.2) is 4.42 Å². The van der Waals surface area contributed by atoms with Crippen LogP contribution in [0.25, 0.3) is 10.8 Å². The van der Waals surface area contributed by atoms with Crippen LogP contribution in [0, 0.1) is 19.8 Å². The highest BCUT2D eigenvalue weighted by atomic mass is 32.1. The largest absolute Gasteiger partial charge is 0.458 e. The second-order valence-corrected chi connectivity index (χ2v) is 7.75. The first-order valence-electron chi connectivity index (χ1n) is 8.27. The molecule has 2 aromatic heterocycles. The Bertz CT molecular complexity index is 837. The zero-order chi connectivity index (χ0) is 17.6. The molecule has 2 aromatic rings. The van der Waals surface area contributed by atoms with E-state index in [0.29, 0.717) is 5.89 Å². The smallest absolute Gasteiger partial charge is 0.322 e. The number of aromatic nitrogens is 3. The van der Waals surface area contributed by atoms with Gasteiger partial charge in [0.2, 0.25) is 5.91 Å². The Balaban J connectivity index is 1.52. The fraction of sp³-hybridized carbons (Fsp3) is 0.562. The zero-order valence-electron chi connectivity index (χ0n) is 14.0. The van der Waals surface area contributed by atoms with Gasteiger partial charge < -0.3 is 9.15 Å². The van der Waals surface area contributed by atoms with Crippen molar-refractivity contribution in [2.75, 3.05) is 5.32 Å². The number of aryl methyl sites for hydroxylation is 2. The summed E-state index contributed by atoms with van der Waals surface area (Å²) < 4.78 is 11.1. The van der Waals surface area contributed by atoms with Crippen molar-refractivity contribution in [2.24, 2.45) is 5.92 Å². The van der Waals surface area contributed by atoms with Crippen molar-refractivity contribution < 1.29 is 18.7 Å². The molecule has 1 aliphatic carbocycles. The van der Waals surface area contributed by atoms with Crippen LogP contribution in [0.4, 0.5) is 6.01 Å². The maximum Gasteiger partial charge on any atom is 0.322 e. The molecule has 1 N–H and O–H groups in total. The Morgan fingerprint density at radius 2 is 2.04 bits per heavy atom. The van der Waals surface area contributed by atoms with Crippen molar-refractivity contribution in [1.29, 1.82) is 0 Å². The maximum absolute atomic E-state index is 12.7. The van der Waals surface area contributed by atoms with Crippen LogP contribution in [-0.2, 0) is 14.3 Å². The number of carbonyl (C=O) groups is 2. The number of esters is 1. The number of hydrogen-bond donors (Lipinski definition) is 1. The van der Waals surface area contributed by atoms with Crippen LogP contribution in [-0.4, -0.2) is 32.7 Å². The first-order chi connectivity index (χ1) is 12.0. The summed E-state index contributed by atoms with van der Waals surface area (Å²) in [5, 5.41) is 11.4.